The van der Waals surface area contributed by atoms with Crippen molar-refractivity contribution in [3.63, 3.8) is 0 Å². The van der Waals surface area contributed by atoms with Crippen LogP contribution in [0.1, 0.15) is 25.0 Å². The van der Waals surface area contributed by atoms with Crippen LogP contribution < -0.4 is 5.32 Å². The van der Waals surface area contributed by atoms with Crippen LogP contribution in [-0.4, -0.2) is 22.4 Å². The summed E-state index contributed by atoms with van der Waals surface area (Å²) in [5, 5.41) is 11.8. The van der Waals surface area contributed by atoms with Crippen molar-refractivity contribution < 1.29 is 4.79 Å². The maximum atomic E-state index is 11.7. The molecule has 1 aromatic rings. The van der Waals surface area contributed by atoms with Gasteiger partial charge in [-0.25, -0.2) is 4.98 Å². The first-order chi connectivity index (χ1) is 7.77. The van der Waals surface area contributed by atoms with Crippen molar-refractivity contribution in [2.75, 3.05) is 6.54 Å². The maximum Gasteiger partial charge on any atom is 0.240 e. The number of nitriles is 1. The number of hydrogen-bond acceptors (Lipinski definition) is 3. The van der Waals surface area contributed by atoms with Crippen LogP contribution in [0.25, 0.3) is 0 Å². The number of aromatic amines is 1. The van der Waals surface area contributed by atoms with Crippen LogP contribution in [0.5, 0.6) is 0 Å². The molecular formula is C11H14N4O. The zero-order valence-electron chi connectivity index (χ0n) is 8.99. The quantitative estimate of drug-likeness (QED) is 0.782. The summed E-state index contributed by atoms with van der Waals surface area (Å²) < 4.78 is 0. The third-order valence-corrected chi connectivity index (χ3v) is 3.09. The molecule has 1 amide bonds. The van der Waals surface area contributed by atoms with Crippen molar-refractivity contribution in [3.05, 3.63) is 18.2 Å². The molecule has 0 bridgehead atoms. The molecule has 0 spiro atoms. The standard InChI is InChI=1S/C11H14N4O/c12-7-11(3-1-4-11)10(16)14-5-2-9-6-13-8-15-9/h6,8H,1-5H2,(H,13,15)(H,14,16). The number of hydrogen-bond donors (Lipinski definition) is 2. The van der Waals surface area contributed by atoms with Crippen molar-refractivity contribution in [1.82, 2.24) is 15.3 Å². The molecule has 1 fully saturated rings. The molecule has 0 aromatic carbocycles. The monoisotopic (exact) mass is 218 g/mol. The maximum absolute atomic E-state index is 11.7. The van der Waals surface area contributed by atoms with Crippen LogP contribution in [0.4, 0.5) is 0 Å². The second-order valence-corrected chi connectivity index (χ2v) is 4.13. The predicted octanol–water partition coefficient (Wildman–Crippen LogP) is 0.762. The fourth-order valence-corrected chi connectivity index (χ4v) is 1.82. The first-order valence-corrected chi connectivity index (χ1v) is 5.44. The summed E-state index contributed by atoms with van der Waals surface area (Å²) in [7, 11) is 0. The van der Waals surface area contributed by atoms with Crippen molar-refractivity contribution in [2.24, 2.45) is 5.41 Å². The second kappa shape index (κ2) is 4.35. The number of imidazole rings is 1. The molecule has 84 valence electrons. The van der Waals surface area contributed by atoms with Gasteiger partial charge in [0.2, 0.25) is 5.91 Å². The number of nitrogens with one attached hydrogen (secondary N) is 2. The number of H-pyrrole nitrogens is 1. The zero-order chi connectivity index (χ0) is 11.4. The van der Waals surface area contributed by atoms with Crippen LogP contribution >= 0.6 is 0 Å². The largest absolute Gasteiger partial charge is 0.354 e. The molecule has 2 N–H and O–H groups in total. The Balaban J connectivity index is 1.78. The second-order valence-electron chi connectivity index (χ2n) is 4.13. The van der Waals surface area contributed by atoms with E-state index in [0.717, 1.165) is 12.1 Å². The molecule has 2 rings (SSSR count). The van der Waals surface area contributed by atoms with Gasteiger partial charge in [0.15, 0.2) is 0 Å². The summed E-state index contributed by atoms with van der Waals surface area (Å²) in [5.41, 5.74) is 0.244. The fourth-order valence-electron chi connectivity index (χ4n) is 1.82. The average molecular weight is 218 g/mol. The SMILES string of the molecule is N#CC1(C(=O)NCCc2cnc[nH]2)CCC1. The molecule has 0 aliphatic heterocycles. The minimum atomic E-state index is -0.742. The van der Waals surface area contributed by atoms with Gasteiger partial charge in [-0.3, -0.25) is 4.79 Å². The Morgan fingerprint density at radius 3 is 3.00 bits per heavy atom. The number of aromatic nitrogens is 2. The van der Waals surface area contributed by atoms with E-state index >= 15 is 0 Å². The molecule has 16 heavy (non-hydrogen) atoms. The van der Waals surface area contributed by atoms with Crippen LogP contribution in [0.2, 0.25) is 0 Å². The highest BCUT2D eigenvalue weighted by Crippen LogP contribution is 2.40. The van der Waals surface area contributed by atoms with E-state index in [4.69, 9.17) is 5.26 Å². The van der Waals surface area contributed by atoms with Gasteiger partial charge in [-0.1, -0.05) is 0 Å². The average Bonchev–Trinajstić information content (AvgIpc) is 2.70. The molecule has 1 aliphatic rings. The summed E-state index contributed by atoms with van der Waals surface area (Å²) >= 11 is 0. The third kappa shape index (κ3) is 1.91. The van der Waals surface area contributed by atoms with E-state index < -0.39 is 5.41 Å². The summed E-state index contributed by atoms with van der Waals surface area (Å²) in [4.78, 5) is 18.6. The smallest absolute Gasteiger partial charge is 0.240 e. The van der Waals surface area contributed by atoms with Gasteiger partial charge < -0.3 is 10.3 Å². The zero-order valence-corrected chi connectivity index (χ0v) is 8.99. The van der Waals surface area contributed by atoms with Gasteiger partial charge in [0.05, 0.1) is 12.4 Å². The van der Waals surface area contributed by atoms with E-state index in [9.17, 15) is 4.79 Å². The van der Waals surface area contributed by atoms with E-state index in [1.165, 1.54) is 0 Å². The van der Waals surface area contributed by atoms with Crippen LogP contribution in [0.3, 0.4) is 0 Å². The van der Waals surface area contributed by atoms with Crippen molar-refractivity contribution in [2.45, 2.75) is 25.7 Å². The Kier molecular flexibility index (Phi) is 2.91. The van der Waals surface area contributed by atoms with Gasteiger partial charge in [-0.2, -0.15) is 5.26 Å². The lowest BCUT2D eigenvalue weighted by molar-refractivity contribution is -0.131. The molecule has 0 atom stereocenters. The number of carbonyl (C=O) groups excluding carboxylic acids is 1. The Hall–Kier alpha value is -1.83. The number of rotatable bonds is 4. The van der Waals surface area contributed by atoms with Crippen LogP contribution in [0.15, 0.2) is 12.5 Å². The minimum Gasteiger partial charge on any atom is -0.354 e. The van der Waals surface area contributed by atoms with Gasteiger partial charge in [-0.15, -0.1) is 0 Å². The normalized spacial score (nSPS) is 17.2. The van der Waals surface area contributed by atoms with E-state index in [-0.39, 0.29) is 5.91 Å². The predicted molar refractivity (Wildman–Crippen MR) is 57.2 cm³/mol. The molecule has 5 heteroatoms. The molecule has 0 saturated heterocycles. The summed E-state index contributed by atoms with van der Waals surface area (Å²) in [6, 6.07) is 2.13. The van der Waals surface area contributed by atoms with E-state index in [2.05, 4.69) is 21.4 Å². The van der Waals surface area contributed by atoms with E-state index in [1.807, 2.05) is 0 Å². The van der Waals surface area contributed by atoms with Gasteiger partial charge in [0, 0.05) is 24.9 Å². The third-order valence-electron chi connectivity index (χ3n) is 3.09. The van der Waals surface area contributed by atoms with Crippen molar-refractivity contribution in [3.8, 4) is 6.07 Å². The first-order valence-electron chi connectivity index (χ1n) is 5.44. The lowest BCUT2D eigenvalue weighted by Crippen LogP contribution is -2.45. The highest BCUT2D eigenvalue weighted by molar-refractivity contribution is 5.86. The molecule has 5 nitrogen and oxygen atoms in total. The van der Waals surface area contributed by atoms with Gasteiger partial charge in [0.25, 0.3) is 0 Å². The van der Waals surface area contributed by atoms with Crippen molar-refractivity contribution in [1.29, 1.82) is 5.26 Å². The van der Waals surface area contributed by atoms with Gasteiger partial charge in [0.1, 0.15) is 5.41 Å². The first kappa shape index (κ1) is 10.7. The Morgan fingerprint density at radius 2 is 2.50 bits per heavy atom. The molecular weight excluding hydrogens is 204 g/mol. The lowest BCUT2D eigenvalue weighted by atomic mass is 9.69. The lowest BCUT2D eigenvalue weighted by Gasteiger charge is -2.33. The summed E-state index contributed by atoms with van der Waals surface area (Å²) in [6.07, 6.45) is 6.42. The minimum absolute atomic E-state index is 0.124. The Bertz CT molecular complexity index is 400. The topological polar surface area (TPSA) is 81.6 Å². The number of nitrogens with zero attached hydrogens (tertiary/aromatic N) is 2. The highest BCUT2D eigenvalue weighted by atomic mass is 16.2. The van der Waals surface area contributed by atoms with E-state index in [1.54, 1.807) is 12.5 Å². The molecule has 1 heterocycles. The molecule has 1 saturated carbocycles. The summed E-state index contributed by atoms with van der Waals surface area (Å²) in [6.45, 7) is 0.546. The number of amides is 1. The van der Waals surface area contributed by atoms with Crippen LogP contribution in [0, 0.1) is 16.7 Å². The Labute approximate surface area is 93.9 Å². The Morgan fingerprint density at radius 1 is 1.69 bits per heavy atom. The highest BCUT2D eigenvalue weighted by Gasteiger charge is 2.44. The van der Waals surface area contributed by atoms with Gasteiger partial charge >= 0.3 is 0 Å². The van der Waals surface area contributed by atoms with Crippen molar-refractivity contribution >= 4 is 5.91 Å². The van der Waals surface area contributed by atoms with E-state index in [0.29, 0.717) is 25.8 Å². The molecule has 0 radical (unpaired) electrons. The molecule has 1 aliphatic carbocycles. The molecule has 1 aromatic heterocycles. The summed E-state index contributed by atoms with van der Waals surface area (Å²) in [5.74, 6) is -0.124. The van der Waals surface area contributed by atoms with Crippen LogP contribution in [-0.2, 0) is 11.2 Å². The molecule has 0 unspecified atom stereocenters. The number of carbonyl (C=O) groups is 1. The fraction of sp³-hybridized carbons (Fsp3) is 0.545. The van der Waals surface area contributed by atoms with Gasteiger partial charge in [-0.05, 0) is 19.3 Å².